The Labute approximate surface area is 175 Å². The number of phenols is 1. The summed E-state index contributed by atoms with van der Waals surface area (Å²) in [7, 11) is 0. The number of carboxylic acids is 1. The Morgan fingerprint density at radius 1 is 1.21 bits per heavy atom. The van der Waals surface area contributed by atoms with Crippen LogP contribution in [0.15, 0.2) is 24.3 Å². The van der Waals surface area contributed by atoms with Crippen molar-refractivity contribution in [3.8, 4) is 11.5 Å². The van der Waals surface area contributed by atoms with Gasteiger partial charge in [0, 0.05) is 17.4 Å². The number of ether oxygens (including phenoxy) is 1. The van der Waals surface area contributed by atoms with Gasteiger partial charge in [-0.3, -0.25) is 4.79 Å². The lowest BCUT2D eigenvalue weighted by molar-refractivity contribution is -0.141. The molecule has 0 radical (unpaired) electrons. The molecule has 3 atom stereocenters. The Balaban J connectivity index is 1.95. The molecule has 0 fully saturated rings. The number of rotatable bonds is 7. The molecule has 1 heterocycles. The Morgan fingerprint density at radius 3 is 2.59 bits per heavy atom. The largest absolute Gasteiger partial charge is 0.508 e. The number of aromatic hydroxyl groups is 1. The van der Waals surface area contributed by atoms with Crippen LogP contribution in [-0.4, -0.2) is 21.8 Å². The molecule has 0 spiro atoms. The van der Waals surface area contributed by atoms with Gasteiger partial charge in [0.25, 0.3) is 0 Å². The van der Waals surface area contributed by atoms with Crippen LogP contribution < -0.4 is 4.74 Å². The predicted molar refractivity (Wildman–Crippen MR) is 116 cm³/mol. The molecule has 3 rings (SSSR count). The molecule has 3 unspecified atom stereocenters. The summed E-state index contributed by atoms with van der Waals surface area (Å²) < 4.78 is 6.39. The molecule has 1 aliphatic heterocycles. The highest BCUT2D eigenvalue weighted by molar-refractivity contribution is 5.73. The maximum atomic E-state index is 11.6. The van der Waals surface area contributed by atoms with E-state index in [4.69, 9.17) is 4.74 Å². The smallest absolute Gasteiger partial charge is 0.310 e. The van der Waals surface area contributed by atoms with Crippen molar-refractivity contribution in [2.75, 3.05) is 0 Å². The number of carboxylic acid groups (broad SMARTS) is 1. The fraction of sp³-hybridized carbons (Fsp3) is 0.640. The van der Waals surface area contributed by atoms with Crippen LogP contribution in [0.25, 0.3) is 0 Å². The zero-order valence-corrected chi connectivity index (χ0v) is 18.5. The normalized spacial score (nSPS) is 25.1. The number of fused-ring (bicyclic) bond motifs is 3. The summed E-state index contributed by atoms with van der Waals surface area (Å²) in [4.78, 5) is 11.6. The molecule has 29 heavy (non-hydrogen) atoms. The van der Waals surface area contributed by atoms with Gasteiger partial charge < -0.3 is 14.9 Å². The molecule has 0 saturated heterocycles. The molecule has 2 N–H and O–H groups in total. The van der Waals surface area contributed by atoms with Crippen LogP contribution in [0.5, 0.6) is 11.5 Å². The quantitative estimate of drug-likeness (QED) is 0.424. The van der Waals surface area contributed by atoms with Gasteiger partial charge in [-0.15, -0.1) is 0 Å². The summed E-state index contributed by atoms with van der Waals surface area (Å²) in [5.41, 5.74) is 1.35. The van der Waals surface area contributed by atoms with E-state index in [1.807, 2.05) is 12.1 Å². The Hall–Kier alpha value is -1.97. The number of phenolic OH excluding ortho intramolecular Hbond substituents is 1. The second kappa shape index (κ2) is 8.04. The third-order valence-corrected chi connectivity index (χ3v) is 6.91. The van der Waals surface area contributed by atoms with Crippen molar-refractivity contribution in [1.29, 1.82) is 0 Å². The van der Waals surface area contributed by atoms with Gasteiger partial charge in [-0.25, -0.2) is 0 Å². The number of carbonyl (C=O) groups is 1. The monoisotopic (exact) mass is 400 g/mol. The SMILES string of the molecule is CCCCCCC(C)(C)c1cc(O)c2c(c1)OC(C)(C)C1C=CC(C(=O)O)CC21. The van der Waals surface area contributed by atoms with Crippen molar-refractivity contribution in [2.45, 2.75) is 90.1 Å². The summed E-state index contributed by atoms with van der Waals surface area (Å²) in [6, 6.07) is 3.96. The van der Waals surface area contributed by atoms with Gasteiger partial charge in [0.2, 0.25) is 0 Å². The number of unbranched alkanes of at least 4 members (excludes halogenated alkanes) is 3. The van der Waals surface area contributed by atoms with Crippen LogP contribution >= 0.6 is 0 Å². The topological polar surface area (TPSA) is 66.8 Å². The van der Waals surface area contributed by atoms with Crippen molar-refractivity contribution >= 4 is 5.97 Å². The maximum Gasteiger partial charge on any atom is 0.310 e. The van der Waals surface area contributed by atoms with E-state index < -0.39 is 17.5 Å². The van der Waals surface area contributed by atoms with Gasteiger partial charge in [-0.2, -0.15) is 0 Å². The fourth-order valence-corrected chi connectivity index (χ4v) is 5.03. The molecule has 160 valence electrons. The van der Waals surface area contributed by atoms with E-state index in [2.05, 4.69) is 40.7 Å². The Kier molecular flexibility index (Phi) is 6.03. The second-order valence-corrected chi connectivity index (χ2v) is 10.0. The number of aliphatic carboxylic acids is 1. The molecule has 0 amide bonds. The standard InChI is InChI=1S/C25H36O4/c1-6-7-8-9-12-24(2,3)17-14-20(26)22-18-13-16(23(27)28)10-11-19(18)25(4,5)29-21(22)15-17/h10-11,14-16,18-19,26H,6-9,12-13H2,1-5H3,(H,27,28). The Morgan fingerprint density at radius 2 is 1.93 bits per heavy atom. The first kappa shape index (κ1) is 21.7. The molecular weight excluding hydrogens is 364 g/mol. The molecule has 4 nitrogen and oxygen atoms in total. The van der Waals surface area contributed by atoms with Gasteiger partial charge in [-0.1, -0.05) is 58.6 Å². The minimum atomic E-state index is -0.810. The first-order chi connectivity index (χ1) is 13.6. The van der Waals surface area contributed by atoms with E-state index in [0.717, 1.165) is 17.5 Å². The summed E-state index contributed by atoms with van der Waals surface area (Å²) >= 11 is 0. The van der Waals surface area contributed by atoms with Gasteiger partial charge >= 0.3 is 5.97 Å². The first-order valence-corrected chi connectivity index (χ1v) is 11.0. The summed E-state index contributed by atoms with van der Waals surface area (Å²) in [6.45, 7) is 10.8. The highest BCUT2D eigenvalue weighted by Crippen LogP contribution is 2.54. The molecule has 2 aliphatic rings. The minimum absolute atomic E-state index is 0.0457. The molecule has 0 aromatic heterocycles. The number of hydrogen-bond donors (Lipinski definition) is 2. The van der Waals surface area contributed by atoms with Crippen LogP contribution in [0.1, 0.15) is 90.2 Å². The lowest BCUT2D eigenvalue weighted by atomic mass is 9.66. The zero-order valence-electron chi connectivity index (χ0n) is 18.5. The molecular formula is C25H36O4. The van der Waals surface area contributed by atoms with E-state index in [-0.39, 0.29) is 23.0 Å². The Bertz CT molecular complexity index is 790. The third kappa shape index (κ3) is 4.31. The highest BCUT2D eigenvalue weighted by atomic mass is 16.5. The van der Waals surface area contributed by atoms with Crippen LogP contribution in [0, 0.1) is 11.8 Å². The number of benzene rings is 1. The molecule has 1 aromatic rings. The van der Waals surface area contributed by atoms with Crippen LogP contribution in [-0.2, 0) is 10.2 Å². The van der Waals surface area contributed by atoms with E-state index in [9.17, 15) is 15.0 Å². The van der Waals surface area contributed by atoms with E-state index in [1.165, 1.54) is 25.7 Å². The molecule has 0 saturated carbocycles. The summed E-state index contributed by atoms with van der Waals surface area (Å²) in [5, 5.41) is 20.5. The van der Waals surface area contributed by atoms with Gasteiger partial charge in [0.1, 0.15) is 17.1 Å². The lowest BCUT2D eigenvalue weighted by Gasteiger charge is -2.46. The van der Waals surface area contributed by atoms with Crippen molar-refractivity contribution in [3.63, 3.8) is 0 Å². The van der Waals surface area contributed by atoms with Crippen molar-refractivity contribution < 1.29 is 19.7 Å². The molecule has 4 heteroatoms. The average Bonchev–Trinajstić information content (AvgIpc) is 2.64. The first-order valence-electron chi connectivity index (χ1n) is 11.0. The van der Waals surface area contributed by atoms with Gasteiger partial charge in [-0.05, 0) is 49.8 Å². The predicted octanol–water partition coefficient (Wildman–Crippen LogP) is 6.17. The van der Waals surface area contributed by atoms with Crippen molar-refractivity contribution in [2.24, 2.45) is 11.8 Å². The van der Waals surface area contributed by atoms with Gasteiger partial charge in [0.05, 0.1) is 5.92 Å². The van der Waals surface area contributed by atoms with Crippen LogP contribution in [0.4, 0.5) is 0 Å². The molecule has 1 aromatic carbocycles. The fourth-order valence-electron chi connectivity index (χ4n) is 5.03. The minimum Gasteiger partial charge on any atom is -0.508 e. The third-order valence-electron chi connectivity index (χ3n) is 6.91. The molecule has 1 aliphatic carbocycles. The summed E-state index contributed by atoms with van der Waals surface area (Å²) in [6.07, 6.45) is 10.2. The van der Waals surface area contributed by atoms with Crippen molar-refractivity contribution in [1.82, 2.24) is 0 Å². The van der Waals surface area contributed by atoms with Crippen LogP contribution in [0.3, 0.4) is 0 Å². The lowest BCUT2D eigenvalue weighted by Crippen LogP contribution is -2.45. The zero-order chi connectivity index (χ0) is 21.4. The van der Waals surface area contributed by atoms with E-state index in [1.54, 1.807) is 6.08 Å². The highest BCUT2D eigenvalue weighted by Gasteiger charge is 2.47. The molecule has 0 bridgehead atoms. The van der Waals surface area contributed by atoms with Crippen LogP contribution in [0.2, 0.25) is 0 Å². The second-order valence-electron chi connectivity index (χ2n) is 10.0. The van der Waals surface area contributed by atoms with Gasteiger partial charge in [0.15, 0.2) is 0 Å². The summed E-state index contributed by atoms with van der Waals surface area (Å²) in [5.74, 6) is -0.385. The average molecular weight is 401 g/mol. The maximum absolute atomic E-state index is 11.6. The van der Waals surface area contributed by atoms with E-state index in [0.29, 0.717) is 12.2 Å². The van der Waals surface area contributed by atoms with Crippen molar-refractivity contribution in [3.05, 3.63) is 35.4 Å². The number of hydrogen-bond acceptors (Lipinski definition) is 3. The van der Waals surface area contributed by atoms with E-state index >= 15 is 0 Å².